The Labute approximate surface area is 165 Å². The van der Waals surface area contributed by atoms with Gasteiger partial charge in [0.25, 0.3) is 5.69 Å². The van der Waals surface area contributed by atoms with Crippen LogP contribution in [0.25, 0.3) is 0 Å². The fourth-order valence-electron chi connectivity index (χ4n) is 3.94. The number of amides is 1. The summed E-state index contributed by atoms with van der Waals surface area (Å²) in [5, 5.41) is 30.6. The van der Waals surface area contributed by atoms with Gasteiger partial charge in [-0.3, -0.25) is 14.9 Å². The number of non-ortho nitro benzene ring substituents is 1. The monoisotopic (exact) mass is 407 g/mol. The first-order valence-electron chi connectivity index (χ1n) is 8.82. The molecule has 0 radical (unpaired) electrons. The summed E-state index contributed by atoms with van der Waals surface area (Å²) < 4.78 is 0. The second kappa shape index (κ2) is 7.90. The third-order valence-corrected chi connectivity index (χ3v) is 6.36. The number of rotatable bonds is 8. The van der Waals surface area contributed by atoms with Crippen molar-refractivity contribution in [1.29, 1.82) is 0 Å². The van der Waals surface area contributed by atoms with E-state index in [4.69, 9.17) is 5.73 Å². The van der Waals surface area contributed by atoms with Crippen molar-refractivity contribution in [2.45, 2.75) is 25.5 Å². The summed E-state index contributed by atoms with van der Waals surface area (Å²) in [6, 6.07) is 5.60. The van der Waals surface area contributed by atoms with E-state index in [2.05, 4.69) is 0 Å². The molecule has 1 aromatic carbocycles. The highest BCUT2D eigenvalue weighted by Crippen LogP contribution is 2.51. The molecule has 2 heterocycles. The molecule has 10 heteroatoms. The number of benzene rings is 1. The van der Waals surface area contributed by atoms with Crippen LogP contribution in [0.15, 0.2) is 34.9 Å². The van der Waals surface area contributed by atoms with E-state index in [9.17, 15) is 29.9 Å². The number of nitrogens with zero attached hydrogens (tertiary/aromatic N) is 2. The molecule has 0 saturated carbocycles. The zero-order valence-electron chi connectivity index (χ0n) is 15.1. The number of thioether (sulfide) groups is 1. The number of β-lactam (4-membered cyclic amide) rings is 1. The van der Waals surface area contributed by atoms with Crippen molar-refractivity contribution in [3.8, 4) is 0 Å². The summed E-state index contributed by atoms with van der Waals surface area (Å²) in [5.74, 6) is -2.07. The van der Waals surface area contributed by atoms with Crippen molar-refractivity contribution < 1.29 is 24.7 Å². The number of hydrogen-bond acceptors (Lipinski definition) is 7. The number of nitro groups is 1. The Kier molecular flexibility index (Phi) is 5.73. The van der Waals surface area contributed by atoms with Crippen molar-refractivity contribution in [2.24, 2.45) is 17.6 Å². The Hall–Kier alpha value is -2.43. The lowest BCUT2D eigenvalue weighted by Crippen LogP contribution is -2.64. The lowest BCUT2D eigenvalue weighted by molar-refractivity contribution is -0.384. The quantitative estimate of drug-likeness (QED) is 0.328. The number of carbonyl (C=O) groups excluding carboxylic acids is 1. The van der Waals surface area contributed by atoms with Crippen molar-refractivity contribution in [2.75, 3.05) is 12.3 Å². The third-order valence-electron chi connectivity index (χ3n) is 5.11. The number of nitrogens with two attached hydrogens (primary N) is 1. The van der Waals surface area contributed by atoms with Crippen LogP contribution in [0, 0.1) is 22.0 Å². The van der Waals surface area contributed by atoms with Crippen LogP contribution >= 0.6 is 11.8 Å². The van der Waals surface area contributed by atoms with E-state index >= 15 is 0 Å². The highest BCUT2D eigenvalue weighted by Gasteiger charge is 2.61. The maximum atomic E-state index is 12.5. The number of aliphatic hydroxyl groups is 1. The summed E-state index contributed by atoms with van der Waals surface area (Å²) >= 11 is 1.31. The SMILES string of the molecule is C[C@@H](O)[C@H]1C(=O)N2C(C(=O)O)=C(SCCN)C(Cc3ccc([N+](=O)[O-])cc3)[C@@H]12. The van der Waals surface area contributed by atoms with Gasteiger partial charge in [0, 0.05) is 35.3 Å². The molecule has 4 atom stereocenters. The number of hydrogen-bond donors (Lipinski definition) is 3. The molecule has 150 valence electrons. The van der Waals surface area contributed by atoms with Crippen LogP contribution in [0.4, 0.5) is 5.69 Å². The van der Waals surface area contributed by atoms with Crippen molar-refractivity contribution in [1.82, 2.24) is 4.90 Å². The Morgan fingerprint density at radius 1 is 1.39 bits per heavy atom. The minimum Gasteiger partial charge on any atom is -0.477 e. The lowest BCUT2D eigenvalue weighted by atomic mass is 9.76. The van der Waals surface area contributed by atoms with Gasteiger partial charge in [-0.1, -0.05) is 12.1 Å². The number of aliphatic carboxylic acids is 1. The minimum absolute atomic E-state index is 0.0306. The van der Waals surface area contributed by atoms with Crippen LogP contribution in [-0.4, -0.2) is 56.4 Å². The van der Waals surface area contributed by atoms with Gasteiger partial charge in [-0.25, -0.2) is 4.79 Å². The summed E-state index contributed by atoms with van der Waals surface area (Å²) in [5.41, 5.74) is 6.30. The second-order valence-electron chi connectivity index (χ2n) is 6.85. The predicted octanol–water partition coefficient (Wildman–Crippen LogP) is 0.963. The molecule has 1 unspecified atom stereocenters. The molecular formula is C18H21N3O6S. The number of carboxylic acid groups (broad SMARTS) is 1. The van der Waals surface area contributed by atoms with E-state index in [1.54, 1.807) is 12.1 Å². The number of carboxylic acids is 1. The van der Waals surface area contributed by atoms with E-state index in [0.717, 1.165) is 5.56 Å². The van der Waals surface area contributed by atoms with E-state index in [0.29, 0.717) is 23.6 Å². The smallest absolute Gasteiger partial charge is 0.353 e. The van der Waals surface area contributed by atoms with Crippen LogP contribution in [0.2, 0.25) is 0 Å². The molecule has 3 rings (SSSR count). The van der Waals surface area contributed by atoms with Gasteiger partial charge in [-0.05, 0) is 18.9 Å². The number of aliphatic hydroxyl groups excluding tert-OH is 1. The minimum atomic E-state index is -1.19. The van der Waals surface area contributed by atoms with Crippen LogP contribution in [-0.2, 0) is 16.0 Å². The maximum absolute atomic E-state index is 12.5. The zero-order chi connectivity index (χ0) is 20.6. The van der Waals surface area contributed by atoms with Gasteiger partial charge in [-0.15, -0.1) is 11.8 Å². The van der Waals surface area contributed by atoms with E-state index < -0.39 is 34.9 Å². The zero-order valence-corrected chi connectivity index (χ0v) is 16.0. The Balaban J connectivity index is 1.97. The van der Waals surface area contributed by atoms with Crippen molar-refractivity contribution in [3.05, 3.63) is 50.5 Å². The molecule has 1 saturated heterocycles. The van der Waals surface area contributed by atoms with Gasteiger partial charge < -0.3 is 20.8 Å². The van der Waals surface area contributed by atoms with Gasteiger partial charge >= 0.3 is 5.97 Å². The van der Waals surface area contributed by atoms with Crippen LogP contribution < -0.4 is 5.73 Å². The standard InChI is InChI=1S/C18H21N3O6S/c1-9(22)13-14-12(8-10-2-4-11(5-3-10)21(26)27)16(28-7-6-19)15(18(24)25)20(14)17(13)23/h2-5,9,12-14,22H,6-8,19H2,1H3,(H,24,25)/t9-,12?,13-,14+/m1/s1. The van der Waals surface area contributed by atoms with Crippen molar-refractivity contribution >= 4 is 29.3 Å². The van der Waals surface area contributed by atoms with Gasteiger partial charge in [0.15, 0.2) is 0 Å². The molecule has 0 spiro atoms. The van der Waals surface area contributed by atoms with Gasteiger partial charge in [0.2, 0.25) is 5.91 Å². The third kappa shape index (κ3) is 3.38. The Bertz CT molecular complexity index is 838. The predicted molar refractivity (Wildman–Crippen MR) is 102 cm³/mol. The number of carbonyl (C=O) groups is 2. The van der Waals surface area contributed by atoms with E-state index in [1.807, 2.05) is 0 Å². The maximum Gasteiger partial charge on any atom is 0.353 e. The topological polar surface area (TPSA) is 147 Å². The molecule has 2 aliphatic heterocycles. The molecule has 28 heavy (non-hydrogen) atoms. The second-order valence-corrected chi connectivity index (χ2v) is 7.99. The Morgan fingerprint density at radius 2 is 2.04 bits per heavy atom. The largest absolute Gasteiger partial charge is 0.477 e. The molecule has 0 aromatic heterocycles. The highest BCUT2D eigenvalue weighted by atomic mass is 32.2. The summed E-state index contributed by atoms with van der Waals surface area (Å²) in [6.45, 7) is 1.87. The summed E-state index contributed by atoms with van der Waals surface area (Å²) in [4.78, 5) is 36.6. The normalized spacial score (nSPS) is 24.8. The van der Waals surface area contributed by atoms with Gasteiger partial charge in [-0.2, -0.15) is 0 Å². The van der Waals surface area contributed by atoms with Crippen LogP contribution in [0.5, 0.6) is 0 Å². The number of fused-ring (bicyclic) bond motifs is 1. The average Bonchev–Trinajstić information content (AvgIpc) is 2.90. The van der Waals surface area contributed by atoms with Crippen LogP contribution in [0.3, 0.4) is 0 Å². The van der Waals surface area contributed by atoms with E-state index in [1.165, 1.54) is 35.7 Å². The fraction of sp³-hybridized carbons (Fsp3) is 0.444. The molecule has 2 aliphatic rings. The van der Waals surface area contributed by atoms with Crippen molar-refractivity contribution in [3.63, 3.8) is 0 Å². The molecule has 0 aliphatic carbocycles. The first-order valence-corrected chi connectivity index (χ1v) is 9.81. The average molecular weight is 407 g/mol. The van der Waals surface area contributed by atoms with E-state index in [-0.39, 0.29) is 17.3 Å². The molecule has 4 N–H and O–H groups in total. The molecule has 1 amide bonds. The van der Waals surface area contributed by atoms with Gasteiger partial charge in [0.05, 0.1) is 23.0 Å². The molecule has 1 fully saturated rings. The lowest BCUT2D eigenvalue weighted by Gasteiger charge is -2.47. The summed E-state index contributed by atoms with van der Waals surface area (Å²) in [6.07, 6.45) is -0.499. The van der Waals surface area contributed by atoms with Gasteiger partial charge in [0.1, 0.15) is 5.70 Å². The first kappa shape index (κ1) is 20.3. The fourth-order valence-corrected chi connectivity index (χ4v) is 5.03. The molecular weight excluding hydrogens is 386 g/mol. The Morgan fingerprint density at radius 3 is 2.54 bits per heavy atom. The molecule has 1 aromatic rings. The number of nitro benzene ring substituents is 1. The first-order chi connectivity index (χ1) is 13.3. The highest BCUT2D eigenvalue weighted by molar-refractivity contribution is 8.03. The summed E-state index contributed by atoms with van der Waals surface area (Å²) in [7, 11) is 0. The molecule has 0 bridgehead atoms. The van der Waals surface area contributed by atoms with Crippen LogP contribution in [0.1, 0.15) is 12.5 Å². The molecule has 9 nitrogen and oxygen atoms in total.